The molecule has 2 unspecified atom stereocenters. The predicted octanol–water partition coefficient (Wildman–Crippen LogP) is -6.54. The SMILES string of the molecule is CC(=O)N[C@@H]1[C@@H](O)[C@@H](O)[C@@H](CO)OC1(O)C1(O)O[C@H](CO)[C@H](O)[C@H](O)[C@H]1O. The van der Waals surface area contributed by atoms with E-state index in [9.17, 15) is 50.8 Å². The van der Waals surface area contributed by atoms with E-state index in [2.05, 4.69) is 0 Å². The fourth-order valence-electron chi connectivity index (χ4n) is 3.33. The van der Waals surface area contributed by atoms with Gasteiger partial charge >= 0.3 is 0 Å². The van der Waals surface area contributed by atoms with Crippen molar-refractivity contribution in [3.8, 4) is 0 Å². The first kappa shape index (κ1) is 22.3. The molecule has 0 saturated carbocycles. The van der Waals surface area contributed by atoms with Crippen molar-refractivity contribution in [2.45, 2.75) is 67.3 Å². The Hall–Kier alpha value is -0.970. The highest BCUT2D eigenvalue weighted by molar-refractivity contribution is 5.73. The van der Waals surface area contributed by atoms with Crippen LogP contribution in [0.25, 0.3) is 0 Å². The molecule has 13 heteroatoms. The van der Waals surface area contributed by atoms with Crippen LogP contribution in [0.5, 0.6) is 0 Å². The van der Waals surface area contributed by atoms with Gasteiger partial charge in [-0.15, -0.1) is 0 Å². The summed E-state index contributed by atoms with van der Waals surface area (Å²) in [6.07, 6.45) is -13.7. The summed E-state index contributed by atoms with van der Waals surface area (Å²) in [5, 5.41) is 92.7. The van der Waals surface area contributed by atoms with Crippen LogP contribution in [0.2, 0.25) is 0 Å². The molecule has 0 bridgehead atoms. The second-order valence-electron chi connectivity index (χ2n) is 6.66. The third kappa shape index (κ3) is 3.45. The normalized spacial score (nSPS) is 51.0. The van der Waals surface area contributed by atoms with Crippen molar-refractivity contribution in [2.24, 2.45) is 0 Å². The van der Waals surface area contributed by atoms with Crippen molar-refractivity contribution in [2.75, 3.05) is 13.2 Å². The number of carbonyl (C=O) groups excluding carboxylic acids is 1. The Morgan fingerprint density at radius 1 is 0.852 bits per heavy atom. The third-order valence-electron chi connectivity index (χ3n) is 4.84. The van der Waals surface area contributed by atoms with Crippen molar-refractivity contribution in [3.63, 3.8) is 0 Å². The van der Waals surface area contributed by atoms with Crippen LogP contribution < -0.4 is 5.32 Å². The monoisotopic (exact) mass is 399 g/mol. The van der Waals surface area contributed by atoms with E-state index in [1.807, 2.05) is 5.32 Å². The molecule has 2 rings (SSSR count). The van der Waals surface area contributed by atoms with Crippen LogP contribution in [0.4, 0.5) is 0 Å². The van der Waals surface area contributed by atoms with Crippen LogP contribution in [0.15, 0.2) is 0 Å². The van der Waals surface area contributed by atoms with Crippen molar-refractivity contribution in [1.82, 2.24) is 5.32 Å². The molecule has 13 nitrogen and oxygen atoms in total. The first-order chi connectivity index (χ1) is 12.4. The number of aliphatic hydroxyl groups is 9. The van der Waals surface area contributed by atoms with Gasteiger partial charge in [0, 0.05) is 6.92 Å². The van der Waals surface area contributed by atoms with Crippen LogP contribution >= 0.6 is 0 Å². The van der Waals surface area contributed by atoms with Gasteiger partial charge in [0.25, 0.3) is 5.79 Å². The van der Waals surface area contributed by atoms with Gasteiger partial charge in [-0.1, -0.05) is 0 Å². The second-order valence-corrected chi connectivity index (χ2v) is 6.66. The van der Waals surface area contributed by atoms with E-state index in [-0.39, 0.29) is 0 Å². The first-order valence-electron chi connectivity index (χ1n) is 8.14. The summed E-state index contributed by atoms with van der Waals surface area (Å²) in [5.41, 5.74) is 0. The summed E-state index contributed by atoms with van der Waals surface area (Å²) in [6, 6.07) is -2.01. The van der Waals surface area contributed by atoms with E-state index in [1.54, 1.807) is 0 Å². The van der Waals surface area contributed by atoms with Crippen LogP contribution in [-0.4, -0.2) is 125 Å². The zero-order valence-electron chi connectivity index (χ0n) is 14.3. The molecule has 2 saturated heterocycles. The van der Waals surface area contributed by atoms with Gasteiger partial charge in [-0.05, 0) is 0 Å². The molecule has 2 fully saturated rings. The molecule has 1 amide bonds. The molecule has 27 heavy (non-hydrogen) atoms. The highest BCUT2D eigenvalue weighted by atomic mass is 16.7. The van der Waals surface area contributed by atoms with Crippen LogP contribution in [-0.2, 0) is 14.3 Å². The van der Waals surface area contributed by atoms with Gasteiger partial charge in [0.05, 0.1) is 13.2 Å². The lowest BCUT2D eigenvalue weighted by atomic mass is 9.79. The molecule has 158 valence electrons. The summed E-state index contributed by atoms with van der Waals surface area (Å²) >= 11 is 0. The van der Waals surface area contributed by atoms with E-state index >= 15 is 0 Å². The van der Waals surface area contributed by atoms with Gasteiger partial charge in [-0.2, -0.15) is 0 Å². The van der Waals surface area contributed by atoms with Crippen molar-refractivity contribution in [3.05, 3.63) is 0 Å². The molecule has 10 atom stereocenters. The molecule has 10 N–H and O–H groups in total. The smallest absolute Gasteiger partial charge is 0.253 e. The van der Waals surface area contributed by atoms with Crippen LogP contribution in [0, 0.1) is 0 Å². The van der Waals surface area contributed by atoms with Gasteiger partial charge in [0.2, 0.25) is 11.7 Å². The van der Waals surface area contributed by atoms with E-state index in [0.717, 1.165) is 6.92 Å². The summed E-state index contributed by atoms with van der Waals surface area (Å²) in [7, 11) is 0. The Morgan fingerprint density at radius 2 is 1.30 bits per heavy atom. The van der Waals surface area contributed by atoms with Crippen LogP contribution in [0.3, 0.4) is 0 Å². The standard InChI is InChI=1S/C14H25NO12/c1-4(18)15-11-9(21)7(19)5(2-16)26-13(11,24)14(25)12(23)10(22)8(20)6(3-17)27-14/h5-12,16-17,19-25H,2-3H2,1H3,(H,15,18)/t5-,6-,7+,8+,9+,10+,11-,12-,13?,14?/m1/s1. The summed E-state index contributed by atoms with van der Waals surface area (Å²) in [5.74, 6) is -7.37. The minimum atomic E-state index is -3.30. The topological polar surface area (TPSA) is 230 Å². The van der Waals surface area contributed by atoms with Crippen LogP contribution in [0.1, 0.15) is 6.92 Å². The quantitative estimate of drug-likeness (QED) is 0.213. The first-order valence-corrected chi connectivity index (χ1v) is 8.14. The number of rotatable bonds is 4. The Bertz CT molecular complexity index is 548. The molecule has 2 heterocycles. The number of ether oxygens (including phenoxy) is 2. The lowest BCUT2D eigenvalue weighted by Gasteiger charge is -2.57. The molecule has 0 aromatic carbocycles. The Balaban J connectivity index is 2.55. The lowest BCUT2D eigenvalue weighted by molar-refractivity contribution is -0.477. The van der Waals surface area contributed by atoms with Gasteiger partial charge < -0.3 is 60.7 Å². The molecule has 0 aromatic heterocycles. The van der Waals surface area contributed by atoms with Gasteiger partial charge in [0.1, 0.15) is 48.8 Å². The number of hydrogen-bond acceptors (Lipinski definition) is 12. The van der Waals surface area contributed by atoms with E-state index < -0.39 is 79.5 Å². The van der Waals surface area contributed by atoms with E-state index in [1.165, 1.54) is 0 Å². The van der Waals surface area contributed by atoms with Crippen molar-refractivity contribution < 1.29 is 60.2 Å². The molecular formula is C14H25NO12. The predicted molar refractivity (Wildman–Crippen MR) is 81.5 cm³/mol. The molecule has 0 aliphatic carbocycles. The number of nitrogens with one attached hydrogen (secondary N) is 1. The Kier molecular flexibility index (Phi) is 6.45. The zero-order valence-corrected chi connectivity index (χ0v) is 14.3. The fraction of sp³-hybridized carbons (Fsp3) is 0.929. The number of amides is 1. The Labute approximate surface area is 153 Å². The maximum absolute atomic E-state index is 11.5. The molecule has 2 aliphatic heterocycles. The number of aliphatic hydroxyl groups excluding tert-OH is 7. The highest BCUT2D eigenvalue weighted by Crippen LogP contribution is 2.43. The Morgan fingerprint density at radius 3 is 1.74 bits per heavy atom. The summed E-state index contributed by atoms with van der Waals surface area (Å²) in [6.45, 7) is -0.925. The molecule has 0 spiro atoms. The second kappa shape index (κ2) is 7.81. The average Bonchev–Trinajstić information content (AvgIpc) is 2.62. The van der Waals surface area contributed by atoms with Crippen molar-refractivity contribution in [1.29, 1.82) is 0 Å². The third-order valence-corrected chi connectivity index (χ3v) is 4.84. The van der Waals surface area contributed by atoms with Gasteiger partial charge in [-0.25, -0.2) is 0 Å². The summed E-state index contributed by atoms with van der Waals surface area (Å²) < 4.78 is 10.1. The minimum absolute atomic E-state index is 0.844. The lowest BCUT2D eigenvalue weighted by Crippen LogP contribution is -2.83. The largest absolute Gasteiger partial charge is 0.394 e. The minimum Gasteiger partial charge on any atom is -0.394 e. The molecule has 0 radical (unpaired) electrons. The number of carbonyl (C=O) groups is 1. The van der Waals surface area contributed by atoms with E-state index in [0.29, 0.717) is 0 Å². The molecule has 2 aliphatic rings. The molecular weight excluding hydrogens is 374 g/mol. The van der Waals surface area contributed by atoms with Gasteiger partial charge in [-0.3, -0.25) is 4.79 Å². The fourth-order valence-corrected chi connectivity index (χ4v) is 3.33. The average molecular weight is 399 g/mol. The maximum atomic E-state index is 11.5. The summed E-state index contributed by atoms with van der Waals surface area (Å²) in [4.78, 5) is 11.5. The number of hydrogen-bond donors (Lipinski definition) is 10. The maximum Gasteiger partial charge on any atom is 0.253 e. The highest BCUT2D eigenvalue weighted by Gasteiger charge is 2.71. The van der Waals surface area contributed by atoms with Crippen molar-refractivity contribution >= 4 is 5.91 Å². The van der Waals surface area contributed by atoms with Gasteiger partial charge in [0.15, 0.2) is 0 Å². The zero-order chi connectivity index (χ0) is 20.7. The van der Waals surface area contributed by atoms with E-state index in [4.69, 9.17) is 9.47 Å². The molecule has 0 aromatic rings.